The second-order valence-electron chi connectivity index (χ2n) is 6.44. The Balaban J connectivity index is 1.46. The van der Waals surface area contributed by atoms with E-state index in [1.165, 1.54) is 11.8 Å². The van der Waals surface area contributed by atoms with E-state index in [2.05, 4.69) is 10.6 Å². The highest BCUT2D eigenvalue weighted by Crippen LogP contribution is 2.38. The van der Waals surface area contributed by atoms with Gasteiger partial charge in [0.15, 0.2) is 0 Å². The van der Waals surface area contributed by atoms with Gasteiger partial charge in [-0.05, 0) is 54.4 Å². The highest BCUT2D eigenvalue weighted by Gasteiger charge is 2.20. The minimum atomic E-state index is -0.205. The van der Waals surface area contributed by atoms with Gasteiger partial charge in [-0.2, -0.15) is 0 Å². The maximum Gasteiger partial charge on any atom is 0.256 e. The van der Waals surface area contributed by atoms with Crippen LogP contribution in [-0.4, -0.2) is 23.5 Å². The number of carbonyl (C=O) groups excluding carboxylic acids is 2. The van der Waals surface area contributed by atoms with E-state index in [1.807, 2.05) is 30.3 Å². The first-order chi connectivity index (χ1) is 13.6. The number of hydrogen-bond donors (Lipinski definition) is 3. The van der Waals surface area contributed by atoms with Crippen molar-refractivity contribution in [1.82, 2.24) is 5.32 Å². The fourth-order valence-corrected chi connectivity index (χ4v) is 4.05. The first kappa shape index (κ1) is 18.1. The standard InChI is InChI=1S/C22H18N2O3S/c25-16-5-3-4-14(12-16)10-11-23-21(26)15-8-9-20-18(13-15)24-22(27)17-6-1-2-7-19(17)28-20/h1-9,12-13,25H,10-11H2,(H,23,26)(H,24,27). The molecule has 0 saturated carbocycles. The topological polar surface area (TPSA) is 78.4 Å². The molecule has 1 aliphatic heterocycles. The monoisotopic (exact) mass is 390 g/mol. The van der Waals surface area contributed by atoms with Gasteiger partial charge in [0.2, 0.25) is 0 Å². The molecule has 3 N–H and O–H groups in total. The lowest BCUT2D eigenvalue weighted by Crippen LogP contribution is -2.25. The molecule has 0 saturated heterocycles. The molecule has 0 bridgehead atoms. The molecule has 28 heavy (non-hydrogen) atoms. The van der Waals surface area contributed by atoms with Crippen LogP contribution in [0.2, 0.25) is 0 Å². The van der Waals surface area contributed by atoms with Crippen LogP contribution in [0.15, 0.2) is 76.5 Å². The number of rotatable bonds is 4. The van der Waals surface area contributed by atoms with Crippen LogP contribution < -0.4 is 10.6 Å². The van der Waals surface area contributed by atoms with Crippen molar-refractivity contribution < 1.29 is 14.7 Å². The summed E-state index contributed by atoms with van der Waals surface area (Å²) in [5.41, 5.74) is 2.69. The van der Waals surface area contributed by atoms with Gasteiger partial charge in [0.25, 0.3) is 11.8 Å². The molecule has 0 spiro atoms. The van der Waals surface area contributed by atoms with Gasteiger partial charge in [0, 0.05) is 21.9 Å². The molecule has 2 amide bonds. The van der Waals surface area contributed by atoms with Crippen molar-refractivity contribution in [2.45, 2.75) is 16.2 Å². The summed E-state index contributed by atoms with van der Waals surface area (Å²) in [4.78, 5) is 26.7. The minimum absolute atomic E-state index is 0.178. The lowest BCUT2D eigenvalue weighted by Gasteiger charge is -2.10. The normalized spacial score (nSPS) is 12.4. The van der Waals surface area contributed by atoms with Crippen LogP contribution in [0.4, 0.5) is 5.69 Å². The van der Waals surface area contributed by atoms with E-state index in [4.69, 9.17) is 0 Å². The van der Waals surface area contributed by atoms with Crippen molar-refractivity contribution in [1.29, 1.82) is 0 Å². The highest BCUT2D eigenvalue weighted by molar-refractivity contribution is 7.99. The predicted molar refractivity (Wildman–Crippen MR) is 109 cm³/mol. The van der Waals surface area contributed by atoms with E-state index in [9.17, 15) is 14.7 Å². The summed E-state index contributed by atoms with van der Waals surface area (Å²) in [7, 11) is 0. The minimum Gasteiger partial charge on any atom is -0.508 e. The molecule has 0 unspecified atom stereocenters. The summed E-state index contributed by atoms with van der Waals surface area (Å²) in [5, 5.41) is 15.3. The van der Waals surface area contributed by atoms with Gasteiger partial charge >= 0.3 is 0 Å². The van der Waals surface area contributed by atoms with Crippen LogP contribution in [0.1, 0.15) is 26.3 Å². The largest absolute Gasteiger partial charge is 0.508 e. The van der Waals surface area contributed by atoms with Crippen molar-refractivity contribution in [3.63, 3.8) is 0 Å². The molecular weight excluding hydrogens is 372 g/mol. The van der Waals surface area contributed by atoms with Gasteiger partial charge in [-0.25, -0.2) is 0 Å². The zero-order valence-corrected chi connectivity index (χ0v) is 15.8. The van der Waals surface area contributed by atoms with Gasteiger partial charge in [-0.15, -0.1) is 0 Å². The maximum absolute atomic E-state index is 12.5. The molecule has 1 heterocycles. The number of nitrogens with one attached hydrogen (secondary N) is 2. The molecule has 3 aromatic carbocycles. The van der Waals surface area contributed by atoms with Crippen LogP contribution in [0.3, 0.4) is 0 Å². The summed E-state index contributed by atoms with van der Waals surface area (Å²) >= 11 is 1.51. The third-order valence-corrected chi connectivity index (χ3v) is 5.60. The number of phenols is 1. The SMILES string of the molecule is O=C(NCCc1cccc(O)c1)c1ccc2c(c1)NC(=O)c1ccccc1S2. The lowest BCUT2D eigenvalue weighted by molar-refractivity contribution is 0.0952. The Kier molecular flexibility index (Phi) is 5.04. The lowest BCUT2D eigenvalue weighted by atomic mass is 10.1. The summed E-state index contributed by atoms with van der Waals surface area (Å²) in [5.74, 6) is -0.170. The van der Waals surface area contributed by atoms with E-state index < -0.39 is 0 Å². The van der Waals surface area contributed by atoms with E-state index in [1.54, 1.807) is 36.4 Å². The van der Waals surface area contributed by atoms with Gasteiger partial charge in [-0.1, -0.05) is 36.0 Å². The Morgan fingerprint density at radius 2 is 1.86 bits per heavy atom. The zero-order chi connectivity index (χ0) is 19.5. The van der Waals surface area contributed by atoms with Crippen molar-refractivity contribution in [2.75, 3.05) is 11.9 Å². The first-order valence-electron chi connectivity index (χ1n) is 8.88. The molecule has 0 radical (unpaired) electrons. The Hall–Kier alpha value is -3.25. The average Bonchev–Trinajstić information content (AvgIpc) is 2.83. The van der Waals surface area contributed by atoms with Crippen LogP contribution in [-0.2, 0) is 6.42 Å². The smallest absolute Gasteiger partial charge is 0.256 e. The summed E-state index contributed by atoms with van der Waals surface area (Å²) in [6, 6.07) is 19.7. The van der Waals surface area contributed by atoms with Crippen LogP contribution in [0, 0.1) is 0 Å². The second-order valence-corrected chi connectivity index (χ2v) is 7.52. The molecule has 140 valence electrons. The molecule has 6 heteroatoms. The van der Waals surface area contributed by atoms with E-state index in [0.29, 0.717) is 29.8 Å². The van der Waals surface area contributed by atoms with Crippen molar-refractivity contribution >= 4 is 29.3 Å². The molecule has 0 fully saturated rings. The fourth-order valence-electron chi connectivity index (χ4n) is 3.04. The van der Waals surface area contributed by atoms with Crippen molar-refractivity contribution in [3.8, 4) is 5.75 Å². The van der Waals surface area contributed by atoms with Gasteiger partial charge in [0.05, 0.1) is 11.3 Å². The van der Waals surface area contributed by atoms with E-state index in [-0.39, 0.29) is 17.6 Å². The molecule has 4 rings (SSSR count). The first-order valence-corrected chi connectivity index (χ1v) is 9.70. The number of phenolic OH excluding ortho intramolecular Hbond substituents is 1. The number of carbonyl (C=O) groups is 2. The van der Waals surface area contributed by atoms with Crippen LogP contribution >= 0.6 is 11.8 Å². The number of anilines is 1. The second kappa shape index (κ2) is 7.78. The third-order valence-electron chi connectivity index (χ3n) is 4.45. The Labute approximate surface area is 166 Å². The van der Waals surface area contributed by atoms with E-state index >= 15 is 0 Å². The third kappa shape index (κ3) is 3.87. The van der Waals surface area contributed by atoms with Crippen molar-refractivity contribution in [2.24, 2.45) is 0 Å². The number of hydrogen-bond acceptors (Lipinski definition) is 4. The Bertz CT molecular complexity index is 1070. The number of aromatic hydroxyl groups is 1. The van der Waals surface area contributed by atoms with Gasteiger partial charge < -0.3 is 15.7 Å². The predicted octanol–water partition coefficient (Wildman–Crippen LogP) is 4.08. The number of benzene rings is 3. The van der Waals surface area contributed by atoms with Crippen LogP contribution in [0.25, 0.3) is 0 Å². The van der Waals surface area contributed by atoms with E-state index in [0.717, 1.165) is 15.4 Å². The summed E-state index contributed by atoms with van der Waals surface area (Å²) in [6.45, 7) is 0.450. The average molecular weight is 390 g/mol. The maximum atomic E-state index is 12.5. The Morgan fingerprint density at radius 3 is 2.71 bits per heavy atom. The molecule has 5 nitrogen and oxygen atoms in total. The highest BCUT2D eigenvalue weighted by atomic mass is 32.2. The molecule has 3 aromatic rings. The summed E-state index contributed by atoms with van der Waals surface area (Å²) < 4.78 is 0. The van der Waals surface area contributed by atoms with Crippen LogP contribution in [0.5, 0.6) is 5.75 Å². The quantitative estimate of drug-likeness (QED) is 0.627. The fraction of sp³-hybridized carbons (Fsp3) is 0.0909. The molecule has 0 aliphatic carbocycles. The van der Waals surface area contributed by atoms with Gasteiger partial charge in [-0.3, -0.25) is 9.59 Å². The zero-order valence-electron chi connectivity index (χ0n) is 14.9. The molecule has 0 atom stereocenters. The number of amides is 2. The molecular formula is C22H18N2O3S. The Morgan fingerprint density at radius 1 is 1.00 bits per heavy atom. The molecule has 1 aliphatic rings. The number of fused-ring (bicyclic) bond motifs is 2. The van der Waals surface area contributed by atoms with Crippen molar-refractivity contribution in [3.05, 3.63) is 83.4 Å². The summed E-state index contributed by atoms with van der Waals surface area (Å²) in [6.07, 6.45) is 0.618. The molecule has 0 aromatic heterocycles. The van der Waals surface area contributed by atoms with Gasteiger partial charge in [0.1, 0.15) is 5.75 Å².